The van der Waals surface area contributed by atoms with E-state index in [0.717, 1.165) is 47.5 Å². The lowest BCUT2D eigenvalue weighted by molar-refractivity contribution is -0.117. The number of rotatable bonds is 9. The third kappa shape index (κ3) is 5.68. The second kappa shape index (κ2) is 9.89. The number of ether oxygens (including phenoxy) is 1. The molecule has 1 heterocycles. The van der Waals surface area contributed by atoms with Crippen molar-refractivity contribution in [1.82, 2.24) is 15.1 Å². The third-order valence-electron chi connectivity index (χ3n) is 4.89. The van der Waals surface area contributed by atoms with Crippen LogP contribution >= 0.6 is 0 Å². The normalized spacial score (nSPS) is 12.0. The number of nitrogens with one attached hydrogen (secondary N) is 2. The van der Waals surface area contributed by atoms with Crippen LogP contribution in [0.1, 0.15) is 24.3 Å². The van der Waals surface area contributed by atoms with Gasteiger partial charge in [-0.2, -0.15) is 5.10 Å². The molecule has 6 nitrogen and oxygen atoms in total. The quantitative estimate of drug-likeness (QED) is 0.574. The Morgan fingerprint density at radius 3 is 2.62 bits per heavy atom. The minimum atomic E-state index is -0.237. The van der Waals surface area contributed by atoms with Gasteiger partial charge in [-0.3, -0.25) is 9.89 Å². The minimum absolute atomic E-state index is 0.00642. The van der Waals surface area contributed by atoms with E-state index in [2.05, 4.69) is 20.4 Å². The summed E-state index contributed by atoms with van der Waals surface area (Å²) in [5, 5.41) is 9.86. The predicted octanol–water partition coefficient (Wildman–Crippen LogP) is 4.15. The summed E-state index contributed by atoms with van der Waals surface area (Å²) in [6.45, 7) is 0.938. The molecule has 29 heavy (non-hydrogen) atoms. The molecule has 0 aliphatic heterocycles. The first kappa shape index (κ1) is 20.6. The second-order valence-corrected chi connectivity index (χ2v) is 7.33. The van der Waals surface area contributed by atoms with Crippen molar-refractivity contribution in [3.63, 3.8) is 0 Å². The van der Waals surface area contributed by atoms with Crippen LogP contribution in [0.3, 0.4) is 0 Å². The number of carbonyl (C=O) groups excluding carboxylic acids is 1. The number of H-pyrrole nitrogens is 1. The van der Waals surface area contributed by atoms with Gasteiger partial charge in [0.2, 0.25) is 5.91 Å². The minimum Gasteiger partial charge on any atom is -0.497 e. The fraction of sp³-hybridized carbons (Fsp3) is 0.304. The molecule has 0 saturated carbocycles. The van der Waals surface area contributed by atoms with Crippen molar-refractivity contribution >= 4 is 11.6 Å². The maximum absolute atomic E-state index is 13.1. The first-order chi connectivity index (χ1) is 14.1. The molecular formula is C23H28N4O2. The van der Waals surface area contributed by atoms with Crippen molar-refractivity contribution in [2.45, 2.75) is 18.8 Å². The first-order valence-corrected chi connectivity index (χ1v) is 9.75. The fourth-order valence-electron chi connectivity index (χ4n) is 3.30. The summed E-state index contributed by atoms with van der Waals surface area (Å²) in [6.07, 6.45) is 5.32. The molecule has 3 aromatic rings. The number of benzene rings is 2. The predicted molar refractivity (Wildman–Crippen MR) is 116 cm³/mol. The number of nitrogens with zero attached hydrogens (tertiary/aromatic N) is 2. The molecule has 3 rings (SSSR count). The van der Waals surface area contributed by atoms with Gasteiger partial charge < -0.3 is 15.0 Å². The zero-order valence-electron chi connectivity index (χ0n) is 17.2. The van der Waals surface area contributed by atoms with Gasteiger partial charge in [-0.15, -0.1) is 0 Å². The topological polar surface area (TPSA) is 70.2 Å². The summed E-state index contributed by atoms with van der Waals surface area (Å²) >= 11 is 0. The average Bonchev–Trinajstić information content (AvgIpc) is 3.26. The highest BCUT2D eigenvalue weighted by Gasteiger charge is 2.21. The number of aromatic nitrogens is 2. The summed E-state index contributed by atoms with van der Waals surface area (Å²) in [7, 11) is 5.73. The van der Waals surface area contributed by atoms with Gasteiger partial charge in [-0.05, 0) is 68.9 Å². The zero-order chi connectivity index (χ0) is 20.6. The van der Waals surface area contributed by atoms with Crippen LogP contribution in [-0.2, 0) is 4.79 Å². The van der Waals surface area contributed by atoms with Crippen LogP contribution in [0.15, 0.2) is 60.9 Å². The van der Waals surface area contributed by atoms with Crippen molar-refractivity contribution in [2.75, 3.05) is 33.1 Å². The summed E-state index contributed by atoms with van der Waals surface area (Å²) in [5.74, 6) is 0.518. The Kier molecular flexibility index (Phi) is 7.03. The third-order valence-corrected chi connectivity index (χ3v) is 4.89. The van der Waals surface area contributed by atoms with Gasteiger partial charge in [0.1, 0.15) is 5.75 Å². The Morgan fingerprint density at radius 2 is 1.97 bits per heavy atom. The highest BCUT2D eigenvalue weighted by Crippen LogP contribution is 2.27. The van der Waals surface area contributed by atoms with Crippen molar-refractivity contribution in [3.05, 3.63) is 66.5 Å². The molecular weight excluding hydrogens is 364 g/mol. The lowest BCUT2D eigenvalue weighted by Crippen LogP contribution is -2.23. The van der Waals surface area contributed by atoms with Crippen LogP contribution < -0.4 is 10.1 Å². The van der Waals surface area contributed by atoms with E-state index in [4.69, 9.17) is 4.74 Å². The second-order valence-electron chi connectivity index (χ2n) is 7.33. The molecule has 1 aromatic heterocycles. The van der Waals surface area contributed by atoms with E-state index >= 15 is 0 Å². The van der Waals surface area contributed by atoms with Gasteiger partial charge >= 0.3 is 0 Å². The molecule has 0 bridgehead atoms. The van der Waals surface area contributed by atoms with Crippen LogP contribution in [0.2, 0.25) is 0 Å². The number of anilines is 1. The van der Waals surface area contributed by atoms with Gasteiger partial charge in [-0.1, -0.05) is 24.3 Å². The molecule has 0 radical (unpaired) electrons. The lowest BCUT2D eigenvalue weighted by Gasteiger charge is -2.19. The van der Waals surface area contributed by atoms with Crippen LogP contribution in [-0.4, -0.2) is 48.8 Å². The SMILES string of the molecule is COc1cccc([C@H](CCCN(C)C)C(=O)Nc2ccc(-c3cn[nH]c3)cc2)c1. The summed E-state index contributed by atoms with van der Waals surface area (Å²) < 4.78 is 5.35. The van der Waals surface area contributed by atoms with E-state index in [9.17, 15) is 4.79 Å². The van der Waals surface area contributed by atoms with E-state index < -0.39 is 0 Å². The molecule has 1 amide bonds. The summed E-state index contributed by atoms with van der Waals surface area (Å²) in [6, 6.07) is 15.6. The van der Waals surface area contributed by atoms with E-state index in [1.54, 1.807) is 13.3 Å². The van der Waals surface area contributed by atoms with Gasteiger partial charge in [0.05, 0.1) is 19.2 Å². The van der Waals surface area contributed by atoms with Crippen LogP contribution in [0.5, 0.6) is 5.75 Å². The molecule has 0 fully saturated rings. The molecule has 2 N–H and O–H groups in total. The standard InChI is InChI=1S/C23H28N4O2/c1-27(2)13-5-8-22(18-6-4-7-21(14-18)29-3)23(28)26-20-11-9-17(10-12-20)19-15-24-25-16-19/h4,6-7,9-12,14-16,22H,5,8,13H2,1-3H3,(H,24,25)(H,26,28)/t22-/m0/s1. The Balaban J connectivity index is 1.74. The molecule has 6 heteroatoms. The molecule has 2 aromatic carbocycles. The maximum atomic E-state index is 13.1. The Hall–Kier alpha value is -3.12. The Labute approximate surface area is 171 Å². The first-order valence-electron chi connectivity index (χ1n) is 9.75. The highest BCUT2D eigenvalue weighted by molar-refractivity contribution is 5.96. The number of amides is 1. The Bertz CT molecular complexity index is 905. The fourth-order valence-corrected chi connectivity index (χ4v) is 3.30. The monoisotopic (exact) mass is 392 g/mol. The highest BCUT2D eigenvalue weighted by atomic mass is 16.5. The molecule has 0 spiro atoms. The average molecular weight is 393 g/mol. The van der Waals surface area contributed by atoms with Gasteiger partial charge in [0.25, 0.3) is 0 Å². The molecule has 0 aliphatic rings. The van der Waals surface area contributed by atoms with Crippen molar-refractivity contribution in [3.8, 4) is 16.9 Å². The van der Waals surface area contributed by atoms with Gasteiger partial charge in [-0.25, -0.2) is 0 Å². The number of carbonyl (C=O) groups is 1. The van der Waals surface area contributed by atoms with Crippen molar-refractivity contribution in [2.24, 2.45) is 0 Å². The zero-order valence-corrected chi connectivity index (χ0v) is 17.2. The van der Waals surface area contributed by atoms with E-state index in [1.807, 2.05) is 68.8 Å². The molecule has 0 saturated heterocycles. The number of hydrogen-bond donors (Lipinski definition) is 2. The number of methoxy groups -OCH3 is 1. The van der Waals surface area contributed by atoms with Crippen LogP contribution in [0, 0.1) is 0 Å². The summed E-state index contributed by atoms with van der Waals surface area (Å²) in [5.41, 5.74) is 3.81. The smallest absolute Gasteiger partial charge is 0.231 e. The number of hydrogen-bond acceptors (Lipinski definition) is 4. The van der Waals surface area contributed by atoms with Crippen LogP contribution in [0.25, 0.3) is 11.1 Å². The van der Waals surface area contributed by atoms with Crippen molar-refractivity contribution in [1.29, 1.82) is 0 Å². The van der Waals surface area contributed by atoms with E-state index in [0.29, 0.717) is 0 Å². The Morgan fingerprint density at radius 1 is 1.17 bits per heavy atom. The largest absolute Gasteiger partial charge is 0.497 e. The van der Waals surface area contributed by atoms with E-state index in [1.165, 1.54) is 0 Å². The maximum Gasteiger partial charge on any atom is 0.231 e. The lowest BCUT2D eigenvalue weighted by atomic mass is 9.92. The van der Waals surface area contributed by atoms with Gasteiger partial charge in [0.15, 0.2) is 0 Å². The number of aromatic amines is 1. The molecule has 0 unspecified atom stereocenters. The summed E-state index contributed by atoms with van der Waals surface area (Å²) in [4.78, 5) is 15.3. The molecule has 0 aliphatic carbocycles. The van der Waals surface area contributed by atoms with E-state index in [-0.39, 0.29) is 11.8 Å². The van der Waals surface area contributed by atoms with Gasteiger partial charge in [0, 0.05) is 17.4 Å². The molecule has 1 atom stereocenters. The molecule has 152 valence electrons. The van der Waals surface area contributed by atoms with Crippen molar-refractivity contribution < 1.29 is 9.53 Å². The van der Waals surface area contributed by atoms with Crippen LogP contribution in [0.4, 0.5) is 5.69 Å².